The summed E-state index contributed by atoms with van der Waals surface area (Å²) in [6, 6.07) is 31.1. The van der Waals surface area contributed by atoms with Crippen molar-refractivity contribution in [3.8, 4) is 22.6 Å². The fraction of sp³-hybridized carbons (Fsp3) is 0.133. The molecule has 0 amide bonds. The van der Waals surface area contributed by atoms with E-state index in [2.05, 4.69) is 9.98 Å². The lowest BCUT2D eigenvalue weighted by Gasteiger charge is -2.14. The first-order chi connectivity index (χ1) is 17.7. The van der Waals surface area contributed by atoms with Crippen LogP contribution < -0.4 is 9.47 Å². The van der Waals surface area contributed by atoms with Crippen molar-refractivity contribution in [2.45, 2.75) is 0 Å². The van der Waals surface area contributed by atoms with Crippen molar-refractivity contribution in [2.24, 2.45) is 9.98 Å². The maximum absolute atomic E-state index is 5.70. The second-order valence-corrected chi connectivity index (χ2v) is 7.74. The van der Waals surface area contributed by atoms with Crippen molar-refractivity contribution in [3.63, 3.8) is 0 Å². The summed E-state index contributed by atoms with van der Waals surface area (Å²) in [4.78, 5) is 9.26. The van der Waals surface area contributed by atoms with E-state index in [0.717, 1.165) is 33.6 Å². The number of ether oxygens (including phenoxy) is 4. The monoisotopic (exact) mass is 480 g/mol. The van der Waals surface area contributed by atoms with Crippen LogP contribution in [0.4, 0.5) is 11.4 Å². The minimum Gasteiger partial charge on any atom is -0.496 e. The molecule has 6 heteroatoms. The van der Waals surface area contributed by atoms with Crippen molar-refractivity contribution in [3.05, 3.63) is 108 Å². The SMILES string of the molecule is COC(=Nc1ccccc1)c1ccc(-c2ccc(C(=Nc3ccccc3)OC)c(OC)c2)cc1OC. The van der Waals surface area contributed by atoms with Crippen LogP contribution in [0.25, 0.3) is 11.1 Å². The van der Waals surface area contributed by atoms with E-state index in [1.165, 1.54) is 0 Å². The molecular weight excluding hydrogens is 452 g/mol. The van der Waals surface area contributed by atoms with E-state index >= 15 is 0 Å². The third-order valence-corrected chi connectivity index (χ3v) is 5.56. The molecule has 0 radical (unpaired) electrons. The molecule has 0 bridgehead atoms. The first-order valence-electron chi connectivity index (χ1n) is 11.4. The Morgan fingerprint density at radius 3 is 1.22 bits per heavy atom. The summed E-state index contributed by atoms with van der Waals surface area (Å²) < 4.78 is 22.6. The third kappa shape index (κ3) is 5.55. The zero-order chi connectivity index (χ0) is 25.3. The molecule has 0 unspecified atom stereocenters. The highest BCUT2D eigenvalue weighted by atomic mass is 16.5. The lowest BCUT2D eigenvalue weighted by molar-refractivity contribution is 0.390. The van der Waals surface area contributed by atoms with Crippen molar-refractivity contribution >= 4 is 23.2 Å². The van der Waals surface area contributed by atoms with Gasteiger partial charge in [-0.3, -0.25) is 0 Å². The van der Waals surface area contributed by atoms with Crippen LogP contribution in [0.15, 0.2) is 107 Å². The fourth-order valence-corrected chi connectivity index (χ4v) is 3.77. The van der Waals surface area contributed by atoms with Gasteiger partial charge in [-0.2, -0.15) is 0 Å². The summed E-state index contributed by atoms with van der Waals surface area (Å²) in [5, 5.41) is 0. The number of benzene rings is 4. The molecule has 0 saturated heterocycles. The Morgan fingerprint density at radius 2 is 0.889 bits per heavy atom. The van der Waals surface area contributed by atoms with Gasteiger partial charge in [0.05, 0.1) is 50.9 Å². The predicted molar refractivity (Wildman–Crippen MR) is 144 cm³/mol. The third-order valence-electron chi connectivity index (χ3n) is 5.56. The Hall–Kier alpha value is -4.58. The zero-order valence-corrected chi connectivity index (χ0v) is 20.8. The number of hydrogen-bond acceptors (Lipinski definition) is 6. The molecule has 0 aliphatic heterocycles. The zero-order valence-electron chi connectivity index (χ0n) is 20.8. The summed E-state index contributed by atoms with van der Waals surface area (Å²) in [6.07, 6.45) is 0. The highest BCUT2D eigenvalue weighted by molar-refractivity contribution is 6.00. The van der Waals surface area contributed by atoms with Crippen LogP contribution in [-0.2, 0) is 9.47 Å². The number of rotatable bonds is 7. The van der Waals surface area contributed by atoms with Crippen LogP contribution in [0.2, 0.25) is 0 Å². The van der Waals surface area contributed by atoms with Crippen LogP contribution in [0.3, 0.4) is 0 Å². The molecular formula is C30H28N2O4. The van der Waals surface area contributed by atoms with Gasteiger partial charge in [0.25, 0.3) is 0 Å². The maximum atomic E-state index is 5.70. The van der Waals surface area contributed by atoms with E-state index in [0.29, 0.717) is 23.3 Å². The summed E-state index contributed by atoms with van der Waals surface area (Å²) in [6.45, 7) is 0. The minimum absolute atomic E-state index is 0.472. The molecule has 4 rings (SSSR count). The maximum Gasteiger partial charge on any atom is 0.224 e. The summed E-state index contributed by atoms with van der Waals surface area (Å²) in [5.74, 6) is 2.24. The highest BCUT2D eigenvalue weighted by Gasteiger charge is 2.16. The average Bonchev–Trinajstić information content (AvgIpc) is 2.95. The standard InChI is InChI=1S/C30H28N2O4/c1-33-27-19-21(15-17-25(27)29(35-3)31-23-11-7-5-8-12-23)22-16-18-26(28(20-22)34-2)30(36-4)32-24-13-9-6-10-14-24/h5-20H,1-4H3. The van der Waals surface area contributed by atoms with Gasteiger partial charge in [-0.25, -0.2) is 9.98 Å². The molecule has 0 heterocycles. The van der Waals surface area contributed by atoms with Gasteiger partial charge in [-0.15, -0.1) is 0 Å². The highest BCUT2D eigenvalue weighted by Crippen LogP contribution is 2.33. The molecule has 0 aliphatic rings. The van der Waals surface area contributed by atoms with Crippen LogP contribution in [0, 0.1) is 0 Å². The predicted octanol–water partition coefficient (Wildman–Crippen LogP) is 6.82. The normalized spacial score (nSPS) is 11.7. The topological polar surface area (TPSA) is 61.6 Å². The molecule has 0 N–H and O–H groups in total. The van der Waals surface area contributed by atoms with Crippen molar-refractivity contribution in [1.82, 2.24) is 0 Å². The molecule has 4 aromatic carbocycles. The molecule has 0 atom stereocenters. The van der Waals surface area contributed by atoms with E-state index in [1.807, 2.05) is 97.1 Å². The van der Waals surface area contributed by atoms with E-state index in [9.17, 15) is 0 Å². The summed E-state index contributed by atoms with van der Waals surface area (Å²) in [5.41, 5.74) is 5.02. The number of hydrogen-bond donors (Lipinski definition) is 0. The van der Waals surface area contributed by atoms with Gasteiger partial charge in [0, 0.05) is 0 Å². The Labute approximate surface area is 211 Å². The molecule has 0 spiro atoms. The second kappa shape index (κ2) is 11.7. The Kier molecular flexibility index (Phi) is 7.98. The van der Waals surface area contributed by atoms with Crippen LogP contribution in [0.5, 0.6) is 11.5 Å². The van der Waals surface area contributed by atoms with Gasteiger partial charge in [0.2, 0.25) is 11.8 Å². The Bertz CT molecular complexity index is 1260. The molecule has 36 heavy (non-hydrogen) atoms. The number of methoxy groups -OCH3 is 4. The van der Waals surface area contributed by atoms with Gasteiger partial charge in [0.1, 0.15) is 11.5 Å². The van der Waals surface area contributed by atoms with Crippen LogP contribution in [-0.4, -0.2) is 40.2 Å². The Balaban J connectivity index is 1.70. The van der Waals surface area contributed by atoms with Gasteiger partial charge >= 0.3 is 0 Å². The molecule has 0 fully saturated rings. The van der Waals surface area contributed by atoms with E-state index < -0.39 is 0 Å². The number of aliphatic imine (C=N–C) groups is 2. The van der Waals surface area contributed by atoms with E-state index in [4.69, 9.17) is 18.9 Å². The first kappa shape index (κ1) is 24.5. The van der Waals surface area contributed by atoms with Gasteiger partial charge < -0.3 is 18.9 Å². The quantitative estimate of drug-likeness (QED) is 0.215. The smallest absolute Gasteiger partial charge is 0.224 e. The lowest BCUT2D eigenvalue weighted by atomic mass is 10.0. The fourth-order valence-electron chi connectivity index (χ4n) is 3.77. The molecule has 0 aromatic heterocycles. The average molecular weight is 481 g/mol. The largest absolute Gasteiger partial charge is 0.496 e. The van der Waals surface area contributed by atoms with Crippen molar-refractivity contribution in [1.29, 1.82) is 0 Å². The van der Waals surface area contributed by atoms with Crippen LogP contribution >= 0.6 is 0 Å². The number of para-hydroxylation sites is 2. The molecule has 182 valence electrons. The van der Waals surface area contributed by atoms with Crippen LogP contribution in [0.1, 0.15) is 11.1 Å². The van der Waals surface area contributed by atoms with Gasteiger partial charge in [-0.05, 0) is 59.7 Å². The molecule has 4 aromatic rings. The van der Waals surface area contributed by atoms with Gasteiger partial charge in [-0.1, -0.05) is 48.5 Å². The summed E-state index contributed by atoms with van der Waals surface area (Å²) in [7, 11) is 6.46. The number of nitrogens with zero attached hydrogens (tertiary/aromatic N) is 2. The molecule has 0 aliphatic carbocycles. The van der Waals surface area contributed by atoms with E-state index in [-0.39, 0.29) is 0 Å². The van der Waals surface area contributed by atoms with Gasteiger partial charge in [0.15, 0.2) is 0 Å². The minimum atomic E-state index is 0.472. The Morgan fingerprint density at radius 1 is 0.500 bits per heavy atom. The second-order valence-electron chi connectivity index (χ2n) is 7.74. The summed E-state index contributed by atoms with van der Waals surface area (Å²) >= 11 is 0. The molecule has 0 saturated carbocycles. The van der Waals surface area contributed by atoms with Crippen molar-refractivity contribution in [2.75, 3.05) is 28.4 Å². The molecule has 6 nitrogen and oxygen atoms in total. The van der Waals surface area contributed by atoms with E-state index in [1.54, 1.807) is 28.4 Å². The first-order valence-corrected chi connectivity index (χ1v) is 11.4. The van der Waals surface area contributed by atoms with Crippen molar-refractivity contribution < 1.29 is 18.9 Å². The lowest BCUT2D eigenvalue weighted by Crippen LogP contribution is -2.06.